The standard InChI is InChI=1S/C20H43N/c1-7-9-10-12-19(11-8-2)14-16-21-15-13-18(3)17-20(4,5)6/h18-19,21H,7-17H2,1-6H3. The van der Waals surface area contributed by atoms with E-state index >= 15 is 0 Å². The third-order valence-electron chi connectivity index (χ3n) is 4.42. The predicted molar refractivity (Wildman–Crippen MR) is 97.9 cm³/mol. The van der Waals surface area contributed by atoms with Gasteiger partial charge in [0.05, 0.1) is 0 Å². The van der Waals surface area contributed by atoms with Crippen LogP contribution >= 0.6 is 0 Å². The Balaban J connectivity index is 3.65. The van der Waals surface area contributed by atoms with Crippen molar-refractivity contribution >= 4 is 0 Å². The summed E-state index contributed by atoms with van der Waals surface area (Å²) in [5, 5.41) is 3.68. The van der Waals surface area contributed by atoms with Gasteiger partial charge in [-0.15, -0.1) is 0 Å². The van der Waals surface area contributed by atoms with E-state index in [1.807, 2.05) is 0 Å². The summed E-state index contributed by atoms with van der Waals surface area (Å²) < 4.78 is 0. The van der Waals surface area contributed by atoms with Crippen molar-refractivity contribution < 1.29 is 0 Å². The van der Waals surface area contributed by atoms with E-state index < -0.39 is 0 Å². The van der Waals surface area contributed by atoms with Crippen LogP contribution < -0.4 is 5.32 Å². The summed E-state index contributed by atoms with van der Waals surface area (Å²) in [6.45, 7) is 16.5. The van der Waals surface area contributed by atoms with Crippen LogP contribution in [0.3, 0.4) is 0 Å². The van der Waals surface area contributed by atoms with Crippen molar-refractivity contribution in [1.82, 2.24) is 5.32 Å². The second kappa shape index (κ2) is 12.5. The van der Waals surface area contributed by atoms with Gasteiger partial charge in [-0.2, -0.15) is 0 Å². The van der Waals surface area contributed by atoms with Gasteiger partial charge in [-0.1, -0.05) is 80.1 Å². The normalized spacial score (nSPS) is 15.1. The molecule has 0 aromatic heterocycles. The van der Waals surface area contributed by atoms with Gasteiger partial charge in [-0.25, -0.2) is 0 Å². The molecule has 0 rings (SSSR count). The lowest BCUT2D eigenvalue weighted by Gasteiger charge is -2.23. The van der Waals surface area contributed by atoms with E-state index in [9.17, 15) is 0 Å². The summed E-state index contributed by atoms with van der Waals surface area (Å²) in [5.41, 5.74) is 0.477. The monoisotopic (exact) mass is 297 g/mol. The third kappa shape index (κ3) is 14.7. The van der Waals surface area contributed by atoms with Gasteiger partial charge in [-0.05, 0) is 49.6 Å². The van der Waals surface area contributed by atoms with Crippen LogP contribution in [0.25, 0.3) is 0 Å². The molecule has 128 valence electrons. The van der Waals surface area contributed by atoms with Crippen molar-refractivity contribution in [3.8, 4) is 0 Å². The van der Waals surface area contributed by atoms with E-state index in [-0.39, 0.29) is 0 Å². The number of rotatable bonds is 13. The van der Waals surface area contributed by atoms with Gasteiger partial charge in [0.25, 0.3) is 0 Å². The highest BCUT2D eigenvalue weighted by atomic mass is 14.8. The summed E-state index contributed by atoms with van der Waals surface area (Å²) >= 11 is 0. The molecule has 0 saturated carbocycles. The molecule has 1 nitrogen and oxygen atoms in total. The highest BCUT2D eigenvalue weighted by Gasteiger charge is 2.14. The molecule has 21 heavy (non-hydrogen) atoms. The first kappa shape index (κ1) is 21.0. The molecule has 2 atom stereocenters. The number of unbranched alkanes of at least 4 members (excludes halogenated alkanes) is 2. The van der Waals surface area contributed by atoms with Gasteiger partial charge in [0.2, 0.25) is 0 Å². The second-order valence-corrected chi connectivity index (χ2v) is 8.35. The van der Waals surface area contributed by atoms with Crippen LogP contribution in [-0.4, -0.2) is 13.1 Å². The van der Waals surface area contributed by atoms with Crippen molar-refractivity contribution in [3.05, 3.63) is 0 Å². The van der Waals surface area contributed by atoms with Crippen molar-refractivity contribution in [2.45, 2.75) is 99.3 Å². The molecule has 1 N–H and O–H groups in total. The van der Waals surface area contributed by atoms with Crippen molar-refractivity contribution in [1.29, 1.82) is 0 Å². The Morgan fingerprint density at radius 1 is 0.810 bits per heavy atom. The molecule has 0 bridgehead atoms. The summed E-state index contributed by atoms with van der Waals surface area (Å²) in [7, 11) is 0. The molecule has 0 amide bonds. The average molecular weight is 298 g/mol. The Hall–Kier alpha value is -0.0400. The van der Waals surface area contributed by atoms with Crippen LogP contribution in [0.4, 0.5) is 0 Å². The molecule has 0 aromatic carbocycles. The zero-order valence-corrected chi connectivity index (χ0v) is 15.9. The van der Waals surface area contributed by atoms with Crippen molar-refractivity contribution in [2.24, 2.45) is 17.3 Å². The molecule has 0 radical (unpaired) electrons. The molecule has 0 aliphatic carbocycles. The molecule has 0 aromatic rings. The minimum atomic E-state index is 0.477. The van der Waals surface area contributed by atoms with Gasteiger partial charge in [0, 0.05) is 0 Å². The first-order chi connectivity index (χ1) is 9.89. The summed E-state index contributed by atoms with van der Waals surface area (Å²) in [5.74, 6) is 1.80. The van der Waals surface area contributed by atoms with Crippen molar-refractivity contribution in [2.75, 3.05) is 13.1 Å². The molecule has 2 unspecified atom stereocenters. The van der Waals surface area contributed by atoms with E-state index in [1.54, 1.807) is 0 Å². The molecule has 0 spiro atoms. The molecular formula is C20H43N. The number of nitrogens with one attached hydrogen (secondary N) is 1. The third-order valence-corrected chi connectivity index (χ3v) is 4.42. The largest absolute Gasteiger partial charge is 0.317 e. The fourth-order valence-electron chi connectivity index (χ4n) is 3.45. The Labute approximate surface area is 135 Å². The van der Waals surface area contributed by atoms with Crippen LogP contribution in [0.1, 0.15) is 99.3 Å². The SMILES string of the molecule is CCCCCC(CCC)CCNCCC(C)CC(C)(C)C. The highest BCUT2D eigenvalue weighted by molar-refractivity contribution is 4.68. The fourth-order valence-corrected chi connectivity index (χ4v) is 3.45. The number of hydrogen-bond donors (Lipinski definition) is 1. The first-order valence-corrected chi connectivity index (χ1v) is 9.59. The molecule has 0 fully saturated rings. The van der Waals surface area contributed by atoms with E-state index in [2.05, 4.69) is 46.9 Å². The maximum atomic E-state index is 3.68. The van der Waals surface area contributed by atoms with E-state index in [0.717, 1.165) is 11.8 Å². The van der Waals surface area contributed by atoms with E-state index in [0.29, 0.717) is 5.41 Å². The lowest BCUT2D eigenvalue weighted by molar-refractivity contribution is 0.293. The smallest absolute Gasteiger partial charge is 0.00463 e. The Morgan fingerprint density at radius 2 is 1.48 bits per heavy atom. The quantitative estimate of drug-likeness (QED) is 0.386. The van der Waals surface area contributed by atoms with Gasteiger partial charge >= 0.3 is 0 Å². The summed E-state index contributed by atoms with van der Waals surface area (Å²) in [6, 6.07) is 0. The van der Waals surface area contributed by atoms with Crippen LogP contribution in [0.15, 0.2) is 0 Å². The number of hydrogen-bond acceptors (Lipinski definition) is 1. The predicted octanol–water partition coefficient (Wildman–Crippen LogP) is 6.43. The fraction of sp³-hybridized carbons (Fsp3) is 1.00. The lowest BCUT2D eigenvalue weighted by Crippen LogP contribution is -2.22. The van der Waals surface area contributed by atoms with Crippen LogP contribution in [0, 0.1) is 17.3 Å². The lowest BCUT2D eigenvalue weighted by atomic mass is 9.84. The van der Waals surface area contributed by atoms with Crippen LogP contribution in [0.2, 0.25) is 0 Å². The zero-order valence-electron chi connectivity index (χ0n) is 15.9. The summed E-state index contributed by atoms with van der Waals surface area (Å²) in [6.07, 6.45) is 12.5. The molecule has 0 aliphatic heterocycles. The van der Waals surface area contributed by atoms with Crippen molar-refractivity contribution in [3.63, 3.8) is 0 Å². The first-order valence-electron chi connectivity index (χ1n) is 9.59. The summed E-state index contributed by atoms with van der Waals surface area (Å²) in [4.78, 5) is 0. The molecule has 0 saturated heterocycles. The average Bonchev–Trinajstić information content (AvgIpc) is 2.36. The minimum Gasteiger partial charge on any atom is -0.317 e. The zero-order chi connectivity index (χ0) is 16.1. The minimum absolute atomic E-state index is 0.477. The second-order valence-electron chi connectivity index (χ2n) is 8.35. The Morgan fingerprint density at radius 3 is 2.05 bits per heavy atom. The highest BCUT2D eigenvalue weighted by Crippen LogP contribution is 2.25. The molecule has 0 heterocycles. The van der Waals surface area contributed by atoms with E-state index in [1.165, 1.54) is 70.9 Å². The molecule has 1 heteroatoms. The van der Waals surface area contributed by atoms with Gasteiger partial charge in [0.15, 0.2) is 0 Å². The topological polar surface area (TPSA) is 12.0 Å². The Bertz CT molecular complexity index is 216. The van der Waals surface area contributed by atoms with E-state index in [4.69, 9.17) is 0 Å². The van der Waals surface area contributed by atoms with Gasteiger partial charge < -0.3 is 5.32 Å². The van der Waals surface area contributed by atoms with Crippen LogP contribution in [0.5, 0.6) is 0 Å². The molecular weight excluding hydrogens is 254 g/mol. The van der Waals surface area contributed by atoms with Gasteiger partial charge in [0.1, 0.15) is 0 Å². The van der Waals surface area contributed by atoms with Crippen LogP contribution in [-0.2, 0) is 0 Å². The molecule has 0 aliphatic rings. The maximum Gasteiger partial charge on any atom is -0.00463 e. The van der Waals surface area contributed by atoms with Gasteiger partial charge in [-0.3, -0.25) is 0 Å². The Kier molecular flexibility index (Phi) is 12.5. The maximum absolute atomic E-state index is 3.68.